The monoisotopic (exact) mass is 285 g/mol. The molecular weight excluding hydrogens is 254 g/mol. The molecule has 0 aliphatic heterocycles. The lowest BCUT2D eigenvalue weighted by Gasteiger charge is -2.28. The first-order valence-electron chi connectivity index (χ1n) is 7.99. The van der Waals surface area contributed by atoms with Gasteiger partial charge in [-0.2, -0.15) is 0 Å². The van der Waals surface area contributed by atoms with E-state index in [1.807, 2.05) is 0 Å². The van der Waals surface area contributed by atoms with Crippen LogP contribution in [0.25, 0.3) is 0 Å². The highest BCUT2D eigenvalue weighted by molar-refractivity contribution is 7.80. The maximum Gasteiger partial charge on any atom is 0.169 e. The summed E-state index contributed by atoms with van der Waals surface area (Å²) in [7, 11) is 0. The van der Waals surface area contributed by atoms with Crippen LogP contribution in [0, 0.1) is 0 Å². The third kappa shape index (κ3) is 6.09. The molecule has 19 heavy (non-hydrogen) atoms. The normalized spacial score (nSPS) is 16.0. The molecule has 1 rings (SSSR count). The van der Waals surface area contributed by atoms with Crippen LogP contribution in [0.15, 0.2) is 0 Å². The first kappa shape index (κ1) is 16.7. The summed E-state index contributed by atoms with van der Waals surface area (Å²) in [5, 5.41) is 4.51. The number of thiocarbonyl (C=S) groups is 1. The van der Waals surface area contributed by atoms with Crippen LogP contribution < -0.4 is 5.32 Å². The van der Waals surface area contributed by atoms with Crippen molar-refractivity contribution in [2.45, 2.75) is 58.9 Å². The molecule has 1 N–H and O–H groups in total. The van der Waals surface area contributed by atoms with E-state index in [2.05, 4.69) is 35.9 Å². The van der Waals surface area contributed by atoms with Gasteiger partial charge in [-0.05, 0) is 58.0 Å². The van der Waals surface area contributed by atoms with Crippen molar-refractivity contribution >= 4 is 17.3 Å². The lowest BCUT2D eigenvalue weighted by molar-refractivity contribution is 0.282. The van der Waals surface area contributed by atoms with E-state index in [-0.39, 0.29) is 0 Å². The Morgan fingerprint density at radius 1 is 1.05 bits per heavy atom. The van der Waals surface area contributed by atoms with Gasteiger partial charge in [0.05, 0.1) is 0 Å². The van der Waals surface area contributed by atoms with Crippen molar-refractivity contribution in [2.24, 2.45) is 0 Å². The smallest absolute Gasteiger partial charge is 0.169 e. The number of rotatable bonds is 8. The topological polar surface area (TPSA) is 18.5 Å². The molecule has 4 heteroatoms. The van der Waals surface area contributed by atoms with Gasteiger partial charge in [-0.15, -0.1) is 0 Å². The second-order valence-electron chi connectivity index (χ2n) is 5.39. The molecule has 112 valence electrons. The van der Waals surface area contributed by atoms with E-state index in [9.17, 15) is 0 Å². The zero-order valence-corrected chi connectivity index (χ0v) is 13.8. The third-order valence-electron chi connectivity index (χ3n) is 4.15. The van der Waals surface area contributed by atoms with Crippen LogP contribution in [0.2, 0.25) is 0 Å². The highest BCUT2D eigenvalue weighted by Gasteiger charge is 2.17. The van der Waals surface area contributed by atoms with Gasteiger partial charge in [-0.3, -0.25) is 0 Å². The van der Waals surface area contributed by atoms with Crippen LogP contribution in [0.3, 0.4) is 0 Å². The second-order valence-corrected chi connectivity index (χ2v) is 5.78. The molecule has 0 saturated heterocycles. The summed E-state index contributed by atoms with van der Waals surface area (Å²) in [6.45, 7) is 12.2. The predicted molar refractivity (Wildman–Crippen MR) is 87.6 cm³/mol. The second kappa shape index (κ2) is 9.54. The molecule has 0 aromatic carbocycles. The van der Waals surface area contributed by atoms with E-state index >= 15 is 0 Å². The number of nitrogens with zero attached hydrogens (tertiary/aromatic N) is 2. The molecule has 0 spiro atoms. The molecule has 1 aliphatic rings. The zero-order valence-electron chi connectivity index (χ0n) is 13.0. The number of nitrogens with one attached hydrogen (secondary N) is 1. The zero-order chi connectivity index (χ0) is 14.1. The summed E-state index contributed by atoms with van der Waals surface area (Å²) in [6, 6.07) is 0.629. The Morgan fingerprint density at radius 2 is 1.68 bits per heavy atom. The third-order valence-corrected chi connectivity index (χ3v) is 4.52. The fraction of sp³-hybridized carbons (Fsp3) is 0.933. The van der Waals surface area contributed by atoms with Crippen molar-refractivity contribution < 1.29 is 0 Å². The Bertz CT molecular complexity index is 248. The Kier molecular flexibility index (Phi) is 8.38. The van der Waals surface area contributed by atoms with Gasteiger partial charge in [0.2, 0.25) is 0 Å². The fourth-order valence-electron chi connectivity index (χ4n) is 2.76. The Morgan fingerprint density at radius 3 is 2.21 bits per heavy atom. The van der Waals surface area contributed by atoms with Crippen molar-refractivity contribution in [3.05, 3.63) is 0 Å². The molecule has 1 fully saturated rings. The van der Waals surface area contributed by atoms with Crippen molar-refractivity contribution in [3.8, 4) is 0 Å². The quantitative estimate of drug-likeness (QED) is 0.691. The minimum absolute atomic E-state index is 0.629. The van der Waals surface area contributed by atoms with Crippen molar-refractivity contribution in [2.75, 3.05) is 32.7 Å². The first-order chi connectivity index (χ1) is 9.21. The van der Waals surface area contributed by atoms with Crippen molar-refractivity contribution in [1.29, 1.82) is 0 Å². The van der Waals surface area contributed by atoms with E-state index < -0.39 is 0 Å². The van der Waals surface area contributed by atoms with E-state index in [1.54, 1.807) is 0 Å². The van der Waals surface area contributed by atoms with Gasteiger partial charge >= 0.3 is 0 Å². The molecule has 3 nitrogen and oxygen atoms in total. The van der Waals surface area contributed by atoms with Crippen LogP contribution in [-0.2, 0) is 0 Å². The highest BCUT2D eigenvalue weighted by Crippen LogP contribution is 2.17. The van der Waals surface area contributed by atoms with Gasteiger partial charge in [0.1, 0.15) is 0 Å². The van der Waals surface area contributed by atoms with Crippen molar-refractivity contribution in [1.82, 2.24) is 15.1 Å². The molecule has 0 aromatic heterocycles. The van der Waals surface area contributed by atoms with E-state index in [0.717, 1.165) is 31.3 Å². The van der Waals surface area contributed by atoms with Crippen LogP contribution >= 0.6 is 12.2 Å². The van der Waals surface area contributed by atoms with Crippen LogP contribution in [0.5, 0.6) is 0 Å². The van der Waals surface area contributed by atoms with E-state index in [4.69, 9.17) is 12.2 Å². The van der Waals surface area contributed by atoms with Gasteiger partial charge < -0.3 is 15.1 Å². The molecule has 0 amide bonds. The highest BCUT2D eigenvalue weighted by atomic mass is 32.1. The summed E-state index contributed by atoms with van der Waals surface area (Å²) < 4.78 is 0. The molecule has 0 radical (unpaired) electrons. The maximum atomic E-state index is 5.55. The van der Waals surface area contributed by atoms with Crippen LogP contribution in [0.4, 0.5) is 0 Å². The average Bonchev–Trinajstić information content (AvgIpc) is 2.92. The first-order valence-corrected chi connectivity index (χ1v) is 8.39. The van der Waals surface area contributed by atoms with Crippen LogP contribution in [0.1, 0.15) is 52.9 Å². The summed E-state index contributed by atoms with van der Waals surface area (Å²) >= 11 is 5.55. The SMILES string of the molecule is CCN(CC)CCCN(CC)C(=S)NC1CCCC1. The fourth-order valence-corrected chi connectivity index (χ4v) is 3.15. The Hall–Kier alpha value is -0.350. The lowest BCUT2D eigenvalue weighted by atomic mass is 10.2. The van der Waals surface area contributed by atoms with Gasteiger partial charge in [0.25, 0.3) is 0 Å². The molecule has 0 bridgehead atoms. The largest absolute Gasteiger partial charge is 0.360 e. The van der Waals surface area contributed by atoms with Gasteiger partial charge in [0.15, 0.2) is 5.11 Å². The molecule has 0 atom stereocenters. The Balaban J connectivity index is 2.25. The van der Waals surface area contributed by atoms with Gasteiger partial charge in [0, 0.05) is 19.1 Å². The summed E-state index contributed by atoms with van der Waals surface area (Å²) in [4.78, 5) is 4.79. The molecule has 1 saturated carbocycles. The molecule has 0 heterocycles. The molecule has 1 aliphatic carbocycles. The molecule has 0 aromatic rings. The van der Waals surface area contributed by atoms with Crippen LogP contribution in [-0.4, -0.2) is 53.7 Å². The number of hydrogen-bond acceptors (Lipinski definition) is 2. The Labute approximate surface area is 124 Å². The maximum absolute atomic E-state index is 5.55. The minimum atomic E-state index is 0.629. The minimum Gasteiger partial charge on any atom is -0.360 e. The lowest BCUT2D eigenvalue weighted by Crippen LogP contribution is -2.44. The van der Waals surface area contributed by atoms with E-state index in [1.165, 1.54) is 38.6 Å². The molecular formula is C15H31N3S. The van der Waals surface area contributed by atoms with Crippen molar-refractivity contribution in [3.63, 3.8) is 0 Å². The predicted octanol–water partition coefficient (Wildman–Crippen LogP) is 2.86. The van der Waals surface area contributed by atoms with E-state index in [0.29, 0.717) is 6.04 Å². The summed E-state index contributed by atoms with van der Waals surface area (Å²) in [5.74, 6) is 0. The average molecular weight is 286 g/mol. The van der Waals surface area contributed by atoms with Gasteiger partial charge in [-0.25, -0.2) is 0 Å². The van der Waals surface area contributed by atoms with Gasteiger partial charge in [-0.1, -0.05) is 26.7 Å². The summed E-state index contributed by atoms with van der Waals surface area (Å²) in [5.41, 5.74) is 0. The molecule has 0 unspecified atom stereocenters. The standard InChI is InChI=1S/C15H31N3S/c1-4-17(5-2)12-9-13-18(6-3)15(19)16-14-10-7-8-11-14/h14H,4-13H2,1-3H3,(H,16,19). The number of hydrogen-bond donors (Lipinski definition) is 1. The summed E-state index contributed by atoms with van der Waals surface area (Å²) in [6.07, 6.45) is 6.49.